The molecule has 0 atom stereocenters. The van der Waals surface area contributed by atoms with Gasteiger partial charge in [-0.15, -0.1) is 5.10 Å². The van der Waals surface area contributed by atoms with Gasteiger partial charge < -0.3 is 9.63 Å². The van der Waals surface area contributed by atoms with Crippen LogP contribution in [0.2, 0.25) is 0 Å². The number of carbonyl (C=O) groups is 1. The van der Waals surface area contributed by atoms with E-state index in [9.17, 15) is 9.90 Å². The number of rotatable bonds is 4. The highest BCUT2D eigenvalue weighted by Gasteiger charge is 2.28. The Balaban J connectivity index is 1.98. The minimum absolute atomic E-state index is 0.0821. The summed E-state index contributed by atoms with van der Waals surface area (Å²) in [5, 5.41) is 21.3. The van der Waals surface area contributed by atoms with E-state index in [0.29, 0.717) is 6.54 Å². The Kier molecular flexibility index (Phi) is 3.96. The minimum atomic E-state index is -1.01. The van der Waals surface area contributed by atoms with Crippen molar-refractivity contribution < 1.29 is 14.4 Å². The van der Waals surface area contributed by atoms with Crippen LogP contribution in [-0.2, 0) is 6.54 Å². The van der Waals surface area contributed by atoms with Crippen LogP contribution in [0.4, 0.5) is 0 Å². The number of carboxylic acids is 1. The van der Waals surface area contributed by atoms with E-state index in [1.165, 1.54) is 6.42 Å². The molecule has 1 N–H and O–H groups in total. The number of hydrogen-bond acceptors (Lipinski definition) is 5. The molecule has 22 heavy (non-hydrogen) atoms. The first kappa shape index (κ1) is 14.7. The topological polar surface area (TPSA) is 94.0 Å². The largest absolute Gasteiger partial charge is 0.476 e. The second-order valence-electron chi connectivity index (χ2n) is 5.92. The zero-order chi connectivity index (χ0) is 15.7. The lowest BCUT2D eigenvalue weighted by atomic mass is 9.86. The van der Waals surface area contributed by atoms with Crippen molar-refractivity contribution in [3.05, 3.63) is 28.4 Å². The molecule has 0 aromatic carbocycles. The van der Waals surface area contributed by atoms with Crippen molar-refractivity contribution >= 4 is 5.97 Å². The third-order valence-electron chi connectivity index (χ3n) is 4.46. The molecule has 0 spiro atoms. The molecule has 7 heteroatoms. The highest BCUT2D eigenvalue weighted by atomic mass is 16.5. The van der Waals surface area contributed by atoms with Crippen LogP contribution in [0.3, 0.4) is 0 Å². The molecule has 0 unspecified atom stereocenters. The van der Waals surface area contributed by atoms with Gasteiger partial charge in [0.1, 0.15) is 5.76 Å². The van der Waals surface area contributed by atoms with Gasteiger partial charge in [-0.3, -0.25) is 0 Å². The van der Waals surface area contributed by atoms with Crippen molar-refractivity contribution in [3.63, 3.8) is 0 Å². The van der Waals surface area contributed by atoms with Gasteiger partial charge in [-0.25, -0.2) is 9.48 Å². The Morgan fingerprint density at radius 2 is 2.05 bits per heavy atom. The second-order valence-corrected chi connectivity index (χ2v) is 5.92. The highest BCUT2D eigenvalue weighted by Crippen LogP contribution is 2.34. The first-order chi connectivity index (χ1) is 10.6. The average Bonchev–Trinajstić information content (AvgIpc) is 3.07. The summed E-state index contributed by atoms with van der Waals surface area (Å²) in [7, 11) is 0. The molecule has 2 heterocycles. The molecule has 0 bridgehead atoms. The van der Waals surface area contributed by atoms with E-state index in [2.05, 4.69) is 15.5 Å². The van der Waals surface area contributed by atoms with Gasteiger partial charge in [0, 0.05) is 11.5 Å². The van der Waals surface area contributed by atoms with Gasteiger partial charge >= 0.3 is 5.97 Å². The lowest BCUT2D eigenvalue weighted by Gasteiger charge is -2.22. The van der Waals surface area contributed by atoms with Gasteiger partial charge in [-0.1, -0.05) is 29.6 Å². The van der Waals surface area contributed by atoms with E-state index in [-0.39, 0.29) is 11.6 Å². The summed E-state index contributed by atoms with van der Waals surface area (Å²) in [5.41, 5.74) is 2.57. The molecule has 1 fully saturated rings. The molecule has 118 valence electrons. The van der Waals surface area contributed by atoms with E-state index < -0.39 is 5.97 Å². The molecule has 0 saturated heterocycles. The molecular formula is C15H20N4O3. The fraction of sp³-hybridized carbons (Fsp3) is 0.600. The van der Waals surface area contributed by atoms with Crippen LogP contribution in [0.15, 0.2) is 4.52 Å². The number of nitrogens with zero attached hydrogens (tertiary/aromatic N) is 4. The maximum Gasteiger partial charge on any atom is 0.358 e. The zero-order valence-corrected chi connectivity index (χ0v) is 12.9. The number of aromatic carboxylic acids is 1. The maximum absolute atomic E-state index is 11.5. The molecule has 2 aromatic heterocycles. The molecule has 0 aliphatic heterocycles. The van der Waals surface area contributed by atoms with E-state index >= 15 is 0 Å². The summed E-state index contributed by atoms with van der Waals surface area (Å²) in [6.07, 6.45) is 5.45. The van der Waals surface area contributed by atoms with Crippen molar-refractivity contribution in [1.82, 2.24) is 20.2 Å². The number of aromatic nitrogens is 4. The molecule has 1 saturated carbocycles. The third-order valence-corrected chi connectivity index (χ3v) is 4.46. The lowest BCUT2D eigenvalue weighted by molar-refractivity contribution is 0.0688. The third kappa shape index (κ3) is 2.63. The highest BCUT2D eigenvalue weighted by molar-refractivity contribution is 5.86. The van der Waals surface area contributed by atoms with E-state index in [1.54, 1.807) is 4.68 Å². The molecule has 2 aromatic rings. The Morgan fingerprint density at radius 1 is 1.32 bits per heavy atom. The van der Waals surface area contributed by atoms with Gasteiger partial charge in [0.05, 0.1) is 17.9 Å². The standard InChI is InChI=1S/C15H20N4O3/c1-9-12(10(2)22-17-9)8-19-14(11-6-4-3-5-7-11)13(15(20)21)16-18-19/h11H,3-8H2,1-2H3,(H,20,21). The molecule has 1 aliphatic rings. The summed E-state index contributed by atoms with van der Waals surface area (Å²) < 4.78 is 6.89. The molecule has 0 amide bonds. The lowest BCUT2D eigenvalue weighted by Crippen LogP contribution is -2.16. The first-order valence-electron chi connectivity index (χ1n) is 7.66. The van der Waals surface area contributed by atoms with Crippen LogP contribution in [0.1, 0.15) is 71.2 Å². The Morgan fingerprint density at radius 3 is 2.64 bits per heavy atom. The normalized spacial score (nSPS) is 16.1. The van der Waals surface area contributed by atoms with Crippen LogP contribution in [-0.4, -0.2) is 31.2 Å². The average molecular weight is 304 g/mol. The smallest absolute Gasteiger partial charge is 0.358 e. The van der Waals surface area contributed by atoms with Crippen molar-refractivity contribution in [3.8, 4) is 0 Å². The minimum Gasteiger partial charge on any atom is -0.476 e. The molecule has 7 nitrogen and oxygen atoms in total. The van der Waals surface area contributed by atoms with Gasteiger partial charge in [-0.05, 0) is 26.7 Å². The predicted octanol–water partition coefficient (Wildman–Crippen LogP) is 2.68. The quantitative estimate of drug-likeness (QED) is 0.933. The number of carboxylic acid groups (broad SMARTS) is 1. The molecular weight excluding hydrogens is 284 g/mol. The number of aryl methyl sites for hydroxylation is 2. The summed E-state index contributed by atoms with van der Waals surface area (Å²) in [5.74, 6) is -0.0552. The van der Waals surface area contributed by atoms with Crippen LogP contribution in [0.5, 0.6) is 0 Å². The van der Waals surface area contributed by atoms with Crippen molar-refractivity contribution in [1.29, 1.82) is 0 Å². The van der Waals surface area contributed by atoms with Gasteiger partial charge in [-0.2, -0.15) is 0 Å². The van der Waals surface area contributed by atoms with Crippen LogP contribution < -0.4 is 0 Å². The maximum atomic E-state index is 11.5. The zero-order valence-electron chi connectivity index (χ0n) is 12.9. The molecule has 0 radical (unpaired) electrons. The van der Waals surface area contributed by atoms with Crippen LogP contribution in [0.25, 0.3) is 0 Å². The van der Waals surface area contributed by atoms with E-state index in [1.807, 2.05) is 13.8 Å². The summed E-state index contributed by atoms with van der Waals surface area (Å²) in [6.45, 7) is 4.18. The Hall–Kier alpha value is -2.18. The van der Waals surface area contributed by atoms with E-state index in [0.717, 1.165) is 48.4 Å². The second kappa shape index (κ2) is 5.90. The summed E-state index contributed by atoms with van der Waals surface area (Å²) >= 11 is 0. The SMILES string of the molecule is Cc1noc(C)c1Cn1nnc(C(=O)O)c1C1CCCCC1. The van der Waals surface area contributed by atoms with Gasteiger partial charge in [0.25, 0.3) is 0 Å². The van der Waals surface area contributed by atoms with Crippen LogP contribution in [0, 0.1) is 13.8 Å². The Labute approximate surface area is 128 Å². The summed E-state index contributed by atoms with van der Waals surface area (Å²) in [6, 6.07) is 0. The first-order valence-corrected chi connectivity index (χ1v) is 7.66. The predicted molar refractivity (Wildman–Crippen MR) is 77.9 cm³/mol. The fourth-order valence-corrected chi connectivity index (χ4v) is 3.25. The van der Waals surface area contributed by atoms with Gasteiger partial charge in [0.15, 0.2) is 5.69 Å². The van der Waals surface area contributed by atoms with E-state index in [4.69, 9.17) is 4.52 Å². The molecule has 1 aliphatic carbocycles. The van der Waals surface area contributed by atoms with Crippen molar-refractivity contribution in [2.45, 2.75) is 58.4 Å². The fourth-order valence-electron chi connectivity index (χ4n) is 3.25. The van der Waals surface area contributed by atoms with Crippen molar-refractivity contribution in [2.75, 3.05) is 0 Å². The summed E-state index contributed by atoms with van der Waals surface area (Å²) in [4.78, 5) is 11.5. The number of hydrogen-bond donors (Lipinski definition) is 1. The van der Waals surface area contributed by atoms with Crippen molar-refractivity contribution in [2.24, 2.45) is 0 Å². The van der Waals surface area contributed by atoms with Crippen LogP contribution >= 0.6 is 0 Å². The Bertz CT molecular complexity index is 664. The monoisotopic (exact) mass is 304 g/mol. The molecule has 3 rings (SSSR count). The van der Waals surface area contributed by atoms with Gasteiger partial charge in [0.2, 0.25) is 0 Å².